The predicted octanol–water partition coefficient (Wildman–Crippen LogP) is 7.18. The number of nitrogens with one attached hydrogen (secondary N) is 1. The number of piperidine rings is 4. The molecular weight excluding hydrogens is 725 g/mol. The van der Waals surface area contributed by atoms with Crippen LogP contribution in [0, 0.1) is 5.92 Å². The van der Waals surface area contributed by atoms with Gasteiger partial charge in [0, 0.05) is 25.1 Å². The number of esters is 2. The summed E-state index contributed by atoms with van der Waals surface area (Å²) in [5.41, 5.74) is 3.24. The van der Waals surface area contributed by atoms with Gasteiger partial charge in [-0.25, -0.2) is 9.78 Å². The first-order valence-corrected chi connectivity index (χ1v) is 19.6. The number of H-pyrrole nitrogens is 1. The zero-order chi connectivity index (χ0) is 37.7. The Morgan fingerprint density at radius 2 is 1.59 bits per heavy atom. The van der Waals surface area contributed by atoms with E-state index in [0.717, 1.165) is 69.7 Å². The molecule has 0 amide bonds. The zero-order valence-electron chi connectivity index (χ0n) is 30.9. The number of halogens is 2. The van der Waals surface area contributed by atoms with E-state index in [1.807, 2.05) is 42.5 Å². The lowest BCUT2D eigenvalue weighted by atomic mass is 9.72. The van der Waals surface area contributed by atoms with Crippen LogP contribution in [-0.2, 0) is 32.5 Å². The van der Waals surface area contributed by atoms with Crippen molar-refractivity contribution in [3.63, 3.8) is 0 Å². The number of aromatic nitrogens is 1. The summed E-state index contributed by atoms with van der Waals surface area (Å²) in [5, 5.41) is 0.881. The molecule has 0 unspecified atom stereocenters. The molecule has 5 heterocycles. The van der Waals surface area contributed by atoms with E-state index in [2.05, 4.69) is 26.9 Å². The largest absolute Gasteiger partial charge is 0.493 e. The van der Waals surface area contributed by atoms with E-state index in [9.17, 15) is 9.59 Å². The molecule has 0 spiro atoms. The van der Waals surface area contributed by atoms with Gasteiger partial charge in [-0.05, 0) is 105 Å². The van der Waals surface area contributed by atoms with Crippen molar-refractivity contribution in [3.05, 3.63) is 123 Å². The smallest absolute Gasteiger partial charge is 0.338 e. The minimum absolute atomic E-state index is 0.0144. The van der Waals surface area contributed by atoms with Gasteiger partial charge in [-0.3, -0.25) is 9.69 Å². The van der Waals surface area contributed by atoms with Crippen molar-refractivity contribution in [2.75, 3.05) is 53.5 Å². The maximum Gasteiger partial charge on any atom is 0.338 e. The van der Waals surface area contributed by atoms with Crippen molar-refractivity contribution in [1.29, 1.82) is 0 Å². The first-order chi connectivity index (χ1) is 26.3. The fourth-order valence-electron chi connectivity index (χ4n) is 8.30. The normalized spacial score (nSPS) is 21.2. The van der Waals surface area contributed by atoms with Crippen molar-refractivity contribution in [1.82, 2.24) is 9.80 Å². The summed E-state index contributed by atoms with van der Waals surface area (Å²) in [7, 11) is 3.13. The number of nitrogens with zero attached hydrogens (tertiary/aromatic N) is 2. The third-order valence-electron chi connectivity index (χ3n) is 11.6. The van der Waals surface area contributed by atoms with Gasteiger partial charge < -0.3 is 23.8 Å². The van der Waals surface area contributed by atoms with Gasteiger partial charge in [0.15, 0.2) is 23.9 Å². The van der Waals surface area contributed by atoms with E-state index in [1.165, 1.54) is 0 Å². The summed E-state index contributed by atoms with van der Waals surface area (Å²) < 4.78 is 23.5. The van der Waals surface area contributed by atoms with Crippen LogP contribution in [0.3, 0.4) is 0 Å². The first-order valence-electron chi connectivity index (χ1n) is 18.8. The maximum atomic E-state index is 14.1. The molecule has 1 aromatic heterocycles. The number of pyridine rings is 1. The molecule has 0 radical (unpaired) electrons. The highest BCUT2D eigenvalue weighted by Crippen LogP contribution is 2.40. The van der Waals surface area contributed by atoms with Gasteiger partial charge >= 0.3 is 11.9 Å². The molecule has 4 aromatic rings. The topological polar surface area (TPSA) is 91.7 Å². The monoisotopic (exact) mass is 772 g/mol. The number of carbonyl (C=O) groups is 2. The lowest BCUT2D eigenvalue weighted by Gasteiger charge is -2.46. The first kappa shape index (κ1) is 38.1. The van der Waals surface area contributed by atoms with Crippen LogP contribution in [0.5, 0.6) is 11.5 Å². The van der Waals surface area contributed by atoms with E-state index in [-0.39, 0.29) is 18.5 Å². The summed E-state index contributed by atoms with van der Waals surface area (Å²) in [4.78, 5) is 35.6. The molecule has 2 bridgehead atoms. The van der Waals surface area contributed by atoms with E-state index < -0.39 is 17.5 Å². The Balaban J connectivity index is 1.01. The number of rotatable bonds is 13. The Morgan fingerprint density at radius 1 is 0.870 bits per heavy atom. The Kier molecular flexibility index (Phi) is 12.1. The molecule has 11 heteroatoms. The highest BCUT2D eigenvalue weighted by molar-refractivity contribution is 6.35. The second-order valence-corrected chi connectivity index (χ2v) is 15.5. The molecule has 0 saturated carbocycles. The molecule has 54 heavy (non-hydrogen) atoms. The molecule has 284 valence electrons. The Morgan fingerprint density at radius 3 is 2.26 bits per heavy atom. The molecule has 4 fully saturated rings. The predicted molar refractivity (Wildman–Crippen MR) is 207 cm³/mol. The molecule has 3 aromatic carbocycles. The molecule has 2 atom stereocenters. The average Bonchev–Trinajstić information content (AvgIpc) is 3.21. The third-order valence-corrected chi connectivity index (χ3v) is 12.3. The summed E-state index contributed by atoms with van der Waals surface area (Å²) in [6.45, 7) is 5.43. The average molecular weight is 774 g/mol. The lowest BCUT2D eigenvalue weighted by molar-refractivity contribution is -0.377. The Labute approximate surface area is 327 Å². The number of benzene rings is 3. The van der Waals surface area contributed by atoms with Crippen LogP contribution in [0.15, 0.2) is 85.2 Å². The van der Waals surface area contributed by atoms with Crippen molar-refractivity contribution < 1.29 is 33.5 Å². The number of fused-ring (bicyclic) bond motifs is 3. The van der Waals surface area contributed by atoms with Crippen molar-refractivity contribution in [2.24, 2.45) is 5.92 Å². The summed E-state index contributed by atoms with van der Waals surface area (Å²) in [5.74, 6) is 1.02. The number of carbonyl (C=O) groups excluding carboxylic acids is 2. The SMILES string of the molecule is COc1ccc([C@H](Cc2c(Cl)c[nH+]cc2Cl)OC(=O)c2cccc(CCN3CCC(C(=O)O[C@H]4CN5CCC4CC5)(c4ccccc4)CC3)c2)cc1OC. The second-order valence-electron chi connectivity index (χ2n) is 14.7. The number of methoxy groups -OCH3 is 2. The molecule has 4 aliphatic heterocycles. The lowest BCUT2D eigenvalue weighted by Crippen LogP contribution is -2.55. The van der Waals surface area contributed by atoms with Crippen LogP contribution in [0.2, 0.25) is 10.0 Å². The third kappa shape index (κ3) is 8.40. The summed E-state index contributed by atoms with van der Waals surface area (Å²) >= 11 is 13.1. The highest BCUT2D eigenvalue weighted by atomic mass is 35.5. The highest BCUT2D eigenvalue weighted by Gasteiger charge is 2.47. The van der Waals surface area contributed by atoms with Crippen molar-refractivity contribution in [3.8, 4) is 11.5 Å². The van der Waals surface area contributed by atoms with Gasteiger partial charge in [0.05, 0.1) is 25.2 Å². The Hall–Kier alpha value is -4.15. The number of likely N-dealkylation sites (tertiary alicyclic amines) is 1. The maximum absolute atomic E-state index is 14.1. The molecule has 9 nitrogen and oxygen atoms in total. The fourth-order valence-corrected chi connectivity index (χ4v) is 8.83. The van der Waals surface area contributed by atoms with Gasteiger partial charge in [-0.2, -0.15) is 0 Å². The Bertz CT molecular complexity index is 1910. The molecule has 0 aliphatic carbocycles. The number of hydrogen-bond acceptors (Lipinski definition) is 8. The van der Waals surface area contributed by atoms with E-state index in [0.29, 0.717) is 57.0 Å². The van der Waals surface area contributed by atoms with Crippen LogP contribution >= 0.6 is 23.2 Å². The van der Waals surface area contributed by atoms with E-state index in [4.69, 9.17) is 42.1 Å². The van der Waals surface area contributed by atoms with Gasteiger partial charge in [-0.1, -0.05) is 71.7 Å². The summed E-state index contributed by atoms with van der Waals surface area (Å²) in [6, 6.07) is 23.2. The van der Waals surface area contributed by atoms with Gasteiger partial charge in [-0.15, -0.1) is 0 Å². The second kappa shape index (κ2) is 17.1. The van der Waals surface area contributed by atoms with Crippen LogP contribution in [0.25, 0.3) is 0 Å². The van der Waals surface area contributed by atoms with Gasteiger partial charge in [0.2, 0.25) is 0 Å². The summed E-state index contributed by atoms with van der Waals surface area (Å²) in [6.07, 6.45) is 7.18. The fraction of sp³-hybridized carbons (Fsp3) is 0.419. The van der Waals surface area contributed by atoms with Crippen LogP contribution in [0.4, 0.5) is 0 Å². The quantitative estimate of drug-likeness (QED) is 0.132. The molecule has 4 saturated heterocycles. The number of hydrogen-bond donors (Lipinski definition) is 0. The van der Waals surface area contributed by atoms with E-state index in [1.54, 1.807) is 44.8 Å². The minimum Gasteiger partial charge on any atom is -0.493 e. The number of aromatic amines is 1. The van der Waals surface area contributed by atoms with Crippen LogP contribution in [-0.4, -0.2) is 81.3 Å². The number of ether oxygens (including phenoxy) is 4. The molecular formula is C43H48Cl2N3O6+. The molecule has 1 N–H and O–H groups in total. The van der Waals surface area contributed by atoms with Gasteiger partial charge in [0.25, 0.3) is 0 Å². The molecule has 8 rings (SSSR count). The van der Waals surface area contributed by atoms with Gasteiger partial charge in [0.1, 0.15) is 22.3 Å². The zero-order valence-corrected chi connectivity index (χ0v) is 32.4. The minimum atomic E-state index is -0.714. The van der Waals surface area contributed by atoms with E-state index >= 15 is 0 Å². The van der Waals surface area contributed by atoms with Crippen molar-refractivity contribution >= 4 is 35.1 Å². The van der Waals surface area contributed by atoms with Crippen LogP contribution in [0.1, 0.15) is 64.4 Å². The standard InChI is InChI=1S/C43H47Cl2N3O6/c1-51-37-12-11-31(24-39(37)52-2)38(25-34-35(44)26-46-27-36(34)45)53-41(49)32-8-6-7-29(23-32)13-18-47-21-16-43(17-22-47,33-9-4-3-5-10-33)42(50)54-40-28-48-19-14-30(40)15-20-48/h3-12,23-24,26-27,30,38,40H,13-22,25,28H2,1-2H3/p+1/t38-,40-/m0/s1. The van der Waals surface area contributed by atoms with Crippen molar-refractivity contribution in [2.45, 2.75) is 56.1 Å². The molecule has 4 aliphatic rings. The van der Waals surface area contributed by atoms with Crippen LogP contribution < -0.4 is 14.5 Å².